The number of furan rings is 1. The number of benzene rings is 1. The van der Waals surface area contributed by atoms with E-state index >= 15 is 0 Å². The van der Waals surface area contributed by atoms with Crippen molar-refractivity contribution in [3.05, 3.63) is 57.6 Å². The zero-order chi connectivity index (χ0) is 10.5. The van der Waals surface area contributed by atoms with Crippen LogP contribution in [-0.4, -0.2) is 0 Å². The first-order chi connectivity index (χ1) is 7.36. The Labute approximate surface area is 103 Å². The van der Waals surface area contributed by atoms with Crippen LogP contribution in [0.15, 0.2) is 47.1 Å². The van der Waals surface area contributed by atoms with E-state index in [4.69, 9.17) is 4.42 Å². The van der Waals surface area contributed by atoms with Crippen molar-refractivity contribution in [2.45, 2.75) is 13.1 Å². The van der Waals surface area contributed by atoms with E-state index in [1.807, 2.05) is 12.1 Å². The second-order valence-electron chi connectivity index (χ2n) is 3.27. The molecule has 0 atom stereocenters. The Balaban J connectivity index is 1.86. The largest absolute Gasteiger partial charge is 0.468 e. The van der Waals surface area contributed by atoms with Gasteiger partial charge >= 0.3 is 0 Å². The molecule has 1 heterocycles. The molecule has 0 saturated carbocycles. The first-order valence-electron chi connectivity index (χ1n) is 4.83. The predicted octanol–water partition coefficient (Wildman–Crippen LogP) is 3.17. The molecule has 2 nitrogen and oxygen atoms in total. The van der Waals surface area contributed by atoms with E-state index in [0.717, 1.165) is 18.8 Å². The Hall–Kier alpha value is -0.810. The van der Waals surface area contributed by atoms with Crippen molar-refractivity contribution in [3.8, 4) is 0 Å². The molecule has 0 aliphatic rings. The fraction of sp³-hybridized carbons (Fsp3) is 0.167. The lowest BCUT2D eigenvalue weighted by atomic mass is 10.2. The third kappa shape index (κ3) is 3.07. The van der Waals surface area contributed by atoms with Crippen LogP contribution < -0.4 is 5.32 Å². The average molecular weight is 313 g/mol. The molecular formula is C12H12INO. The summed E-state index contributed by atoms with van der Waals surface area (Å²) >= 11 is 2.35. The molecule has 0 aliphatic carbocycles. The van der Waals surface area contributed by atoms with E-state index in [1.54, 1.807) is 6.26 Å². The summed E-state index contributed by atoms with van der Waals surface area (Å²) in [4.78, 5) is 0. The van der Waals surface area contributed by atoms with E-state index in [1.165, 1.54) is 9.13 Å². The zero-order valence-corrected chi connectivity index (χ0v) is 10.4. The Morgan fingerprint density at radius 1 is 1.07 bits per heavy atom. The maximum atomic E-state index is 5.24. The van der Waals surface area contributed by atoms with Crippen molar-refractivity contribution >= 4 is 22.6 Å². The lowest BCUT2D eigenvalue weighted by Gasteiger charge is -2.04. The summed E-state index contributed by atoms with van der Waals surface area (Å²) in [6.45, 7) is 1.65. The van der Waals surface area contributed by atoms with Gasteiger partial charge in [-0.15, -0.1) is 0 Å². The molecule has 0 fully saturated rings. The average Bonchev–Trinajstić information content (AvgIpc) is 2.74. The second kappa shape index (κ2) is 5.32. The molecule has 2 rings (SSSR count). The third-order valence-corrected chi connectivity index (χ3v) is 3.21. The molecule has 0 spiro atoms. The molecule has 15 heavy (non-hydrogen) atoms. The molecule has 0 unspecified atom stereocenters. The molecular weight excluding hydrogens is 301 g/mol. The molecule has 78 valence electrons. The van der Waals surface area contributed by atoms with Gasteiger partial charge in [0, 0.05) is 10.1 Å². The molecule has 0 bridgehead atoms. The van der Waals surface area contributed by atoms with Crippen LogP contribution in [0.1, 0.15) is 11.3 Å². The van der Waals surface area contributed by atoms with Gasteiger partial charge < -0.3 is 9.73 Å². The monoisotopic (exact) mass is 313 g/mol. The van der Waals surface area contributed by atoms with Gasteiger partial charge in [0.05, 0.1) is 12.8 Å². The van der Waals surface area contributed by atoms with E-state index in [-0.39, 0.29) is 0 Å². The van der Waals surface area contributed by atoms with E-state index in [9.17, 15) is 0 Å². The maximum absolute atomic E-state index is 5.24. The van der Waals surface area contributed by atoms with Gasteiger partial charge in [0.2, 0.25) is 0 Å². The molecule has 2 aromatic rings. The van der Waals surface area contributed by atoms with E-state index in [2.05, 4.69) is 52.2 Å². The van der Waals surface area contributed by atoms with Crippen molar-refractivity contribution in [1.29, 1.82) is 0 Å². The lowest BCUT2D eigenvalue weighted by Crippen LogP contribution is -2.12. The summed E-state index contributed by atoms with van der Waals surface area (Å²) < 4.78 is 6.53. The molecule has 0 saturated heterocycles. The minimum atomic E-state index is 0.776. The van der Waals surface area contributed by atoms with Crippen LogP contribution in [0.4, 0.5) is 0 Å². The van der Waals surface area contributed by atoms with Crippen molar-refractivity contribution in [1.82, 2.24) is 5.32 Å². The Morgan fingerprint density at radius 2 is 1.93 bits per heavy atom. The third-order valence-electron chi connectivity index (χ3n) is 2.15. The van der Waals surface area contributed by atoms with Crippen LogP contribution in [0.5, 0.6) is 0 Å². The van der Waals surface area contributed by atoms with Gasteiger partial charge in [-0.25, -0.2) is 0 Å². The highest BCUT2D eigenvalue weighted by molar-refractivity contribution is 14.1. The summed E-state index contributed by atoms with van der Waals surface area (Å²) in [6.07, 6.45) is 1.70. The van der Waals surface area contributed by atoms with Gasteiger partial charge in [-0.3, -0.25) is 0 Å². The quantitative estimate of drug-likeness (QED) is 0.877. The first kappa shape index (κ1) is 10.7. The highest BCUT2D eigenvalue weighted by atomic mass is 127. The Morgan fingerprint density at radius 3 is 2.67 bits per heavy atom. The zero-order valence-electron chi connectivity index (χ0n) is 8.24. The van der Waals surface area contributed by atoms with Crippen molar-refractivity contribution in [3.63, 3.8) is 0 Å². The molecule has 3 heteroatoms. The Bertz CT molecular complexity index is 411. The van der Waals surface area contributed by atoms with Crippen LogP contribution in [0.3, 0.4) is 0 Å². The summed E-state index contributed by atoms with van der Waals surface area (Å²) in [5, 5.41) is 3.35. The van der Waals surface area contributed by atoms with E-state index < -0.39 is 0 Å². The maximum Gasteiger partial charge on any atom is 0.117 e. The minimum absolute atomic E-state index is 0.776. The van der Waals surface area contributed by atoms with Gasteiger partial charge in [-0.05, 0) is 46.4 Å². The number of halogens is 1. The van der Waals surface area contributed by atoms with Gasteiger partial charge in [-0.1, -0.05) is 18.2 Å². The molecule has 1 N–H and O–H groups in total. The van der Waals surface area contributed by atoms with Crippen molar-refractivity contribution < 1.29 is 4.42 Å². The van der Waals surface area contributed by atoms with E-state index in [0.29, 0.717) is 0 Å². The van der Waals surface area contributed by atoms with Crippen LogP contribution in [0.2, 0.25) is 0 Å². The lowest BCUT2D eigenvalue weighted by molar-refractivity contribution is 0.483. The topological polar surface area (TPSA) is 25.2 Å². The first-order valence-corrected chi connectivity index (χ1v) is 5.90. The number of hydrogen-bond donors (Lipinski definition) is 1. The van der Waals surface area contributed by atoms with Gasteiger partial charge in [-0.2, -0.15) is 0 Å². The highest BCUT2D eigenvalue weighted by Crippen LogP contribution is 2.11. The van der Waals surface area contributed by atoms with Gasteiger partial charge in [0.25, 0.3) is 0 Å². The summed E-state index contributed by atoms with van der Waals surface area (Å²) in [5.41, 5.74) is 1.32. The number of rotatable bonds is 4. The molecule has 0 amide bonds. The van der Waals surface area contributed by atoms with Crippen LogP contribution in [0.25, 0.3) is 0 Å². The van der Waals surface area contributed by atoms with Crippen LogP contribution in [0, 0.1) is 3.57 Å². The van der Waals surface area contributed by atoms with Gasteiger partial charge in [0.1, 0.15) is 5.76 Å². The highest BCUT2D eigenvalue weighted by Gasteiger charge is 1.98. The second-order valence-corrected chi connectivity index (χ2v) is 4.44. The number of nitrogens with one attached hydrogen (secondary N) is 1. The number of hydrogen-bond acceptors (Lipinski definition) is 2. The summed E-state index contributed by atoms with van der Waals surface area (Å²) in [5.74, 6) is 0.973. The smallest absolute Gasteiger partial charge is 0.117 e. The molecule has 1 aromatic carbocycles. The summed E-state index contributed by atoms with van der Waals surface area (Å²) in [7, 11) is 0. The molecule has 1 aromatic heterocycles. The van der Waals surface area contributed by atoms with Crippen molar-refractivity contribution in [2.75, 3.05) is 0 Å². The fourth-order valence-electron chi connectivity index (χ4n) is 1.38. The Kier molecular flexibility index (Phi) is 3.80. The van der Waals surface area contributed by atoms with Crippen LogP contribution >= 0.6 is 22.6 Å². The predicted molar refractivity (Wildman–Crippen MR) is 68.4 cm³/mol. The minimum Gasteiger partial charge on any atom is -0.468 e. The molecule has 0 radical (unpaired) electrons. The van der Waals surface area contributed by atoms with Gasteiger partial charge in [0.15, 0.2) is 0 Å². The molecule has 0 aliphatic heterocycles. The van der Waals surface area contributed by atoms with Crippen molar-refractivity contribution in [2.24, 2.45) is 0 Å². The standard InChI is InChI=1S/C12H12INO/c13-12-6-2-1-4-10(12)8-14-9-11-5-3-7-15-11/h1-7,14H,8-9H2. The summed E-state index contributed by atoms with van der Waals surface area (Å²) in [6, 6.07) is 12.2. The SMILES string of the molecule is Ic1ccccc1CNCc1ccco1. The fourth-order valence-corrected chi connectivity index (χ4v) is 1.95. The van der Waals surface area contributed by atoms with Crippen LogP contribution in [-0.2, 0) is 13.1 Å². The normalized spacial score (nSPS) is 10.5.